The molecule has 132 valence electrons. The van der Waals surface area contributed by atoms with E-state index >= 15 is 0 Å². The molecule has 0 aliphatic carbocycles. The summed E-state index contributed by atoms with van der Waals surface area (Å²) in [6.07, 6.45) is -3.23. The minimum Gasteiger partial charge on any atom is -0.272 e. The van der Waals surface area contributed by atoms with Crippen LogP contribution in [0.2, 0.25) is 0 Å². The lowest BCUT2D eigenvalue weighted by Gasteiger charge is -2.13. The zero-order valence-corrected chi connectivity index (χ0v) is 12.3. The Labute approximate surface area is 130 Å². The molecule has 24 heavy (non-hydrogen) atoms. The van der Waals surface area contributed by atoms with Gasteiger partial charge in [-0.3, -0.25) is 4.72 Å². The molecule has 0 radical (unpaired) electrons. The summed E-state index contributed by atoms with van der Waals surface area (Å²) in [5, 5.41) is 3.04. The highest BCUT2D eigenvalue weighted by molar-refractivity contribution is 7.93. The molecule has 0 saturated carbocycles. The molecule has 0 atom stereocenters. The van der Waals surface area contributed by atoms with Crippen molar-refractivity contribution in [3.05, 3.63) is 30.0 Å². The van der Waals surface area contributed by atoms with Crippen LogP contribution in [-0.2, 0) is 16.2 Å². The van der Waals surface area contributed by atoms with E-state index in [0.29, 0.717) is 11.0 Å². The lowest BCUT2D eigenvalue weighted by atomic mass is 10.3. The Kier molecular flexibility index (Phi) is 4.20. The number of anilines is 1. The third-order valence-electron chi connectivity index (χ3n) is 2.51. The molecule has 1 N–H and O–H groups in total. The van der Waals surface area contributed by atoms with E-state index in [2.05, 4.69) is 15.1 Å². The third kappa shape index (κ3) is 3.58. The van der Waals surface area contributed by atoms with Crippen molar-refractivity contribution in [1.82, 2.24) is 19.7 Å². The summed E-state index contributed by atoms with van der Waals surface area (Å²) >= 11 is 0. The number of halogens is 6. The van der Waals surface area contributed by atoms with Crippen LogP contribution < -0.4 is 4.72 Å². The van der Waals surface area contributed by atoms with Gasteiger partial charge in [-0.15, -0.1) is 5.10 Å². The molecule has 14 heteroatoms. The van der Waals surface area contributed by atoms with E-state index in [0.717, 1.165) is 12.3 Å². The summed E-state index contributed by atoms with van der Waals surface area (Å²) in [6, 6.07) is 0.959. The monoisotopic (exact) mass is 375 g/mol. The first kappa shape index (κ1) is 18.0. The molecule has 0 spiro atoms. The number of alkyl halides is 6. The lowest BCUT2D eigenvalue weighted by Crippen LogP contribution is -2.30. The second kappa shape index (κ2) is 5.61. The second-order valence-corrected chi connectivity index (χ2v) is 6.12. The number of hydrogen-bond acceptors (Lipinski definition) is 5. The van der Waals surface area contributed by atoms with Crippen LogP contribution in [0.25, 0.3) is 5.82 Å². The van der Waals surface area contributed by atoms with Gasteiger partial charge in [0.2, 0.25) is 0 Å². The maximum atomic E-state index is 12.5. The summed E-state index contributed by atoms with van der Waals surface area (Å²) < 4.78 is 98.9. The molecule has 0 aromatic carbocycles. The molecule has 2 aromatic heterocycles. The van der Waals surface area contributed by atoms with Crippen LogP contribution in [0.15, 0.2) is 18.6 Å². The van der Waals surface area contributed by atoms with Gasteiger partial charge in [0.15, 0.2) is 5.82 Å². The number of hydrogen-bond donors (Lipinski definition) is 1. The molecular weight excluding hydrogens is 368 g/mol. The lowest BCUT2D eigenvalue weighted by molar-refractivity contribution is -0.144. The smallest absolute Gasteiger partial charge is 0.272 e. The van der Waals surface area contributed by atoms with Gasteiger partial charge in [0.1, 0.15) is 6.33 Å². The second-order valence-electron chi connectivity index (χ2n) is 4.45. The van der Waals surface area contributed by atoms with Gasteiger partial charge in [-0.1, -0.05) is 0 Å². The minimum absolute atomic E-state index is 0.259. The van der Waals surface area contributed by atoms with Gasteiger partial charge in [0.05, 0.1) is 5.69 Å². The van der Waals surface area contributed by atoms with Crippen LogP contribution in [0.4, 0.5) is 32.0 Å². The minimum atomic E-state index is -5.79. The highest BCUT2D eigenvalue weighted by Gasteiger charge is 2.46. The van der Waals surface area contributed by atoms with Crippen molar-refractivity contribution in [2.75, 3.05) is 4.72 Å². The van der Waals surface area contributed by atoms with Crippen LogP contribution in [0.1, 0.15) is 11.4 Å². The van der Waals surface area contributed by atoms with Crippen molar-refractivity contribution in [3.63, 3.8) is 0 Å². The largest absolute Gasteiger partial charge is 0.516 e. The summed E-state index contributed by atoms with van der Waals surface area (Å²) in [4.78, 5) is 6.57. The summed E-state index contributed by atoms with van der Waals surface area (Å²) in [5.74, 6) is -2.16. The first-order chi connectivity index (χ1) is 10.8. The topological polar surface area (TPSA) is 89.8 Å². The van der Waals surface area contributed by atoms with E-state index in [1.165, 1.54) is 11.6 Å². The highest BCUT2D eigenvalue weighted by atomic mass is 32.2. The molecule has 0 aliphatic heterocycles. The van der Waals surface area contributed by atoms with Crippen molar-refractivity contribution < 1.29 is 34.8 Å². The maximum Gasteiger partial charge on any atom is 0.516 e. The number of rotatable bonds is 3. The van der Waals surface area contributed by atoms with Crippen molar-refractivity contribution in [3.8, 4) is 5.82 Å². The average molecular weight is 375 g/mol. The Morgan fingerprint density at radius 3 is 2.25 bits per heavy atom. The molecule has 2 heterocycles. The van der Waals surface area contributed by atoms with Gasteiger partial charge in [0, 0.05) is 6.20 Å². The van der Waals surface area contributed by atoms with Crippen molar-refractivity contribution >= 4 is 15.7 Å². The zero-order valence-electron chi connectivity index (χ0n) is 11.5. The van der Waals surface area contributed by atoms with E-state index in [-0.39, 0.29) is 5.56 Å². The van der Waals surface area contributed by atoms with Gasteiger partial charge >= 0.3 is 21.7 Å². The summed E-state index contributed by atoms with van der Waals surface area (Å²) in [6.45, 7) is 1.39. The van der Waals surface area contributed by atoms with E-state index in [1.54, 1.807) is 0 Å². The SMILES string of the molecule is Cc1cnc(-n2cnc(C(F)(F)F)n2)c(NS(=O)(=O)C(F)(F)F)c1. The Morgan fingerprint density at radius 1 is 1.12 bits per heavy atom. The molecule has 0 saturated heterocycles. The fraction of sp³-hybridized carbons (Fsp3) is 0.300. The van der Waals surface area contributed by atoms with Gasteiger partial charge in [-0.25, -0.2) is 9.97 Å². The molecule has 0 amide bonds. The van der Waals surface area contributed by atoms with Crippen molar-refractivity contribution in [2.24, 2.45) is 0 Å². The molecule has 2 aromatic rings. The number of sulfonamides is 1. The van der Waals surface area contributed by atoms with Crippen LogP contribution in [-0.4, -0.2) is 33.7 Å². The standard InChI is InChI=1S/C10H7F6N5O2S/c1-5-2-6(20-24(22,23)10(14,15)16)7(17-3-5)21-4-18-8(19-21)9(11,12)13/h2-4,20H,1H3. The Morgan fingerprint density at radius 2 is 1.75 bits per heavy atom. The first-order valence-electron chi connectivity index (χ1n) is 5.86. The number of pyridine rings is 1. The third-order valence-corrected chi connectivity index (χ3v) is 3.61. The fourth-order valence-electron chi connectivity index (χ4n) is 1.52. The number of aryl methyl sites for hydroxylation is 1. The molecule has 0 aliphatic rings. The molecule has 0 unspecified atom stereocenters. The van der Waals surface area contributed by atoms with Crippen LogP contribution >= 0.6 is 0 Å². The number of nitrogens with one attached hydrogen (secondary N) is 1. The Bertz CT molecular complexity index is 857. The number of nitrogens with zero attached hydrogens (tertiary/aromatic N) is 4. The van der Waals surface area contributed by atoms with Crippen LogP contribution in [0.3, 0.4) is 0 Å². The van der Waals surface area contributed by atoms with Gasteiger partial charge in [-0.05, 0) is 18.6 Å². The normalized spacial score (nSPS) is 13.1. The Balaban J connectivity index is 2.52. The van der Waals surface area contributed by atoms with E-state index in [9.17, 15) is 34.8 Å². The zero-order chi connectivity index (χ0) is 18.3. The first-order valence-corrected chi connectivity index (χ1v) is 7.34. The Hall–Kier alpha value is -2.38. The maximum absolute atomic E-state index is 12.5. The van der Waals surface area contributed by atoms with Gasteiger partial charge < -0.3 is 0 Å². The quantitative estimate of drug-likeness (QED) is 0.832. The predicted octanol–water partition coefficient (Wildman–Crippen LogP) is 2.25. The van der Waals surface area contributed by atoms with Crippen LogP contribution in [0, 0.1) is 6.92 Å². The van der Waals surface area contributed by atoms with E-state index in [1.807, 2.05) is 0 Å². The molecule has 2 rings (SSSR count). The number of aromatic nitrogens is 4. The molecular formula is C10H7F6N5O2S. The van der Waals surface area contributed by atoms with Crippen molar-refractivity contribution in [1.29, 1.82) is 0 Å². The van der Waals surface area contributed by atoms with E-state index in [4.69, 9.17) is 0 Å². The van der Waals surface area contributed by atoms with E-state index < -0.39 is 39.0 Å². The van der Waals surface area contributed by atoms with Crippen LogP contribution in [0.5, 0.6) is 0 Å². The highest BCUT2D eigenvalue weighted by Crippen LogP contribution is 2.29. The fourth-order valence-corrected chi connectivity index (χ4v) is 2.07. The summed E-state index contributed by atoms with van der Waals surface area (Å²) in [7, 11) is -5.79. The predicted molar refractivity (Wildman–Crippen MR) is 67.5 cm³/mol. The van der Waals surface area contributed by atoms with Gasteiger partial charge in [-0.2, -0.15) is 39.4 Å². The van der Waals surface area contributed by atoms with Gasteiger partial charge in [0.25, 0.3) is 5.82 Å². The average Bonchev–Trinajstić information content (AvgIpc) is 2.86. The molecule has 7 nitrogen and oxygen atoms in total. The molecule has 0 bridgehead atoms. The summed E-state index contributed by atoms with van der Waals surface area (Å²) in [5.41, 5.74) is -6.06. The van der Waals surface area contributed by atoms with Crippen molar-refractivity contribution in [2.45, 2.75) is 18.6 Å². The molecule has 0 fully saturated rings.